The molecule has 0 fully saturated rings. The minimum atomic E-state index is -1.25. The molecule has 105 heavy (non-hydrogen) atoms. The van der Waals surface area contributed by atoms with E-state index < -0.39 is 68.3 Å². The van der Waals surface area contributed by atoms with Crippen molar-refractivity contribution in [2.45, 2.75) is 381 Å². The zero-order valence-electron chi connectivity index (χ0n) is 67.4. The molecule has 0 saturated carbocycles. The Hall–Kier alpha value is -4.21. The number of aliphatic carboxylic acids is 4. The highest BCUT2D eigenvalue weighted by Gasteiger charge is 2.28. The maximum Gasteiger partial charge on any atom is 0.508 e. The number of carbonyl (C=O) groups is 8. The summed E-state index contributed by atoms with van der Waals surface area (Å²) in [7, 11) is 0. The predicted molar refractivity (Wildman–Crippen MR) is 425 cm³/mol. The Balaban J connectivity index is 6.00. The second-order valence-corrected chi connectivity index (χ2v) is 31.2. The number of hydrogen-bond donors (Lipinski definition) is 4. The smallest absolute Gasteiger partial charge is 0.480 e. The van der Waals surface area contributed by atoms with E-state index in [1.807, 2.05) is 0 Å². The SMILES string of the molecule is CCCCCCCCCCCCCCC(CCCCCCCCCCCCCC)C(=O)OCC(COC(=O)OCCCSCCCOC(=O)CN(CCN(CCN(CC(=O)O)CC(=O)O)CC(=O)O)CC(=O)O)OC(=O)C(CCCCCCCCCCCCCC)CCCCCCCCCCCCCC. The molecular weight excluding hydrogens is 1350 g/mol. The van der Waals surface area contributed by atoms with Crippen LogP contribution in [0.2, 0.25) is 0 Å². The molecule has 0 aliphatic rings. The Labute approximate surface area is 642 Å². The molecule has 20 nitrogen and oxygen atoms in total. The average Bonchev–Trinajstić information content (AvgIpc) is 0.918. The fourth-order valence-electron chi connectivity index (χ4n) is 13.6. The van der Waals surface area contributed by atoms with E-state index in [1.165, 1.54) is 241 Å². The molecule has 0 spiro atoms. The summed E-state index contributed by atoms with van der Waals surface area (Å²) in [6, 6.07) is 0. The molecule has 0 amide bonds. The molecule has 616 valence electrons. The zero-order chi connectivity index (χ0) is 77.1. The summed E-state index contributed by atoms with van der Waals surface area (Å²) in [5.41, 5.74) is 0. The van der Waals surface area contributed by atoms with Crippen molar-refractivity contribution >= 4 is 59.7 Å². The van der Waals surface area contributed by atoms with Gasteiger partial charge in [-0.3, -0.25) is 48.3 Å². The quantitative estimate of drug-likeness (QED) is 0.0250. The van der Waals surface area contributed by atoms with Crippen LogP contribution in [0, 0.1) is 11.8 Å². The number of ether oxygens (including phenoxy) is 5. The van der Waals surface area contributed by atoms with Crippen LogP contribution in [-0.2, 0) is 57.2 Å². The van der Waals surface area contributed by atoms with Crippen LogP contribution in [-0.4, -0.2) is 186 Å². The molecule has 0 heterocycles. The maximum absolute atomic E-state index is 14.5. The fourth-order valence-corrected chi connectivity index (χ4v) is 14.4. The number of carboxylic acid groups (broad SMARTS) is 4. The van der Waals surface area contributed by atoms with Crippen LogP contribution in [0.25, 0.3) is 0 Å². The van der Waals surface area contributed by atoms with Crippen LogP contribution in [0.1, 0.15) is 374 Å². The van der Waals surface area contributed by atoms with Crippen molar-refractivity contribution in [3.63, 3.8) is 0 Å². The summed E-state index contributed by atoms with van der Waals surface area (Å²) in [4.78, 5) is 105. The van der Waals surface area contributed by atoms with Crippen molar-refractivity contribution in [3.8, 4) is 0 Å². The summed E-state index contributed by atoms with van der Waals surface area (Å²) in [5, 5.41) is 37.4. The van der Waals surface area contributed by atoms with Gasteiger partial charge >= 0.3 is 47.9 Å². The average molecular weight is 1510 g/mol. The second kappa shape index (κ2) is 76.6. The van der Waals surface area contributed by atoms with Gasteiger partial charge in [-0.2, -0.15) is 11.8 Å². The highest BCUT2D eigenvalue weighted by Crippen LogP contribution is 2.26. The molecule has 0 aromatic rings. The molecule has 0 saturated heterocycles. The van der Waals surface area contributed by atoms with Gasteiger partial charge < -0.3 is 44.1 Å². The molecule has 4 N–H and O–H groups in total. The van der Waals surface area contributed by atoms with Gasteiger partial charge in [-0.05, 0) is 50.0 Å². The molecule has 0 rings (SSSR count). The van der Waals surface area contributed by atoms with Crippen molar-refractivity contribution in [2.24, 2.45) is 11.8 Å². The first-order valence-electron chi connectivity index (χ1n) is 43.0. The molecule has 21 heteroatoms. The van der Waals surface area contributed by atoms with E-state index in [-0.39, 0.29) is 82.9 Å². The van der Waals surface area contributed by atoms with E-state index in [4.69, 9.17) is 23.7 Å². The van der Waals surface area contributed by atoms with E-state index in [9.17, 15) is 58.8 Å². The fraction of sp³-hybridized carbons (Fsp3) is 0.905. The first-order chi connectivity index (χ1) is 51.0. The third-order valence-electron chi connectivity index (χ3n) is 20.0. The number of hydrogen-bond acceptors (Lipinski definition) is 17. The van der Waals surface area contributed by atoms with E-state index in [2.05, 4.69) is 27.7 Å². The van der Waals surface area contributed by atoms with Gasteiger partial charge in [0.15, 0.2) is 6.10 Å². The van der Waals surface area contributed by atoms with Crippen molar-refractivity contribution in [1.82, 2.24) is 14.7 Å². The van der Waals surface area contributed by atoms with E-state index in [1.54, 1.807) is 11.8 Å². The number of esters is 3. The minimum Gasteiger partial charge on any atom is -0.480 e. The lowest BCUT2D eigenvalue weighted by molar-refractivity contribution is -0.167. The van der Waals surface area contributed by atoms with Crippen LogP contribution in [0.5, 0.6) is 0 Å². The van der Waals surface area contributed by atoms with Gasteiger partial charge in [0.05, 0.1) is 57.8 Å². The van der Waals surface area contributed by atoms with E-state index in [0.29, 0.717) is 24.3 Å². The minimum absolute atomic E-state index is 0.00882. The van der Waals surface area contributed by atoms with Crippen LogP contribution >= 0.6 is 11.8 Å². The van der Waals surface area contributed by atoms with E-state index >= 15 is 0 Å². The Kier molecular flexibility index (Phi) is 73.5. The van der Waals surface area contributed by atoms with Crippen LogP contribution in [0.3, 0.4) is 0 Å². The largest absolute Gasteiger partial charge is 0.508 e. The Morgan fingerprint density at radius 2 is 0.543 bits per heavy atom. The third-order valence-corrected chi connectivity index (χ3v) is 21.1. The number of unbranched alkanes of at least 4 members (excludes halogenated alkanes) is 44. The molecule has 1 atom stereocenters. The Bertz CT molecular complexity index is 2000. The molecule has 0 aliphatic carbocycles. The predicted octanol–water partition coefficient (Wildman–Crippen LogP) is 20.5. The lowest BCUT2D eigenvalue weighted by Gasteiger charge is -2.27. The van der Waals surface area contributed by atoms with Gasteiger partial charge in [-0.15, -0.1) is 0 Å². The second-order valence-electron chi connectivity index (χ2n) is 30.0. The first kappa shape index (κ1) is 101. The van der Waals surface area contributed by atoms with E-state index in [0.717, 1.165) is 108 Å². The first-order valence-corrected chi connectivity index (χ1v) is 44.1. The standard InChI is InChI=1S/C84H157N3O17S/c1-5-9-13-17-21-25-29-33-37-41-45-49-55-74(56-50-46-42-38-34-30-26-22-18-14-10-6-2)82(97)102-72-76(104-83(98)75(57-51-47-43-39-35-31-27-23-19-15-11-7-3)58-52-48-44-40-36-32-28-24-20-16-12-8-4)73-103-84(99)101-64-54-66-105-65-53-63-100-81(96)71-87(70-80(94)95)62-60-85(67-77(88)89)59-61-86(68-78(90)91)69-79(92)93/h74-76H,5-73H2,1-4H3,(H,88,89)(H,90,91)(H,92,93)(H,94,95). The lowest BCUT2D eigenvalue weighted by Crippen LogP contribution is -2.45. The number of carbonyl (C=O) groups excluding carboxylic acids is 4. The highest BCUT2D eigenvalue weighted by atomic mass is 32.2. The molecule has 0 bridgehead atoms. The topological polar surface area (TPSA) is 273 Å². The Morgan fingerprint density at radius 1 is 0.286 bits per heavy atom. The highest BCUT2D eigenvalue weighted by molar-refractivity contribution is 7.99. The van der Waals surface area contributed by atoms with Gasteiger partial charge in [-0.1, -0.05) is 336 Å². The monoisotopic (exact) mass is 1510 g/mol. The Morgan fingerprint density at radius 3 is 0.857 bits per heavy atom. The molecule has 1 unspecified atom stereocenters. The van der Waals surface area contributed by atoms with Crippen LogP contribution < -0.4 is 0 Å². The summed E-state index contributed by atoms with van der Waals surface area (Å²) in [6.45, 7) is 5.93. The van der Waals surface area contributed by atoms with Gasteiger partial charge in [0.25, 0.3) is 0 Å². The zero-order valence-corrected chi connectivity index (χ0v) is 68.2. The summed E-state index contributed by atoms with van der Waals surface area (Å²) < 4.78 is 29.0. The summed E-state index contributed by atoms with van der Waals surface area (Å²) in [5.74, 6) is -5.56. The van der Waals surface area contributed by atoms with Crippen molar-refractivity contribution in [2.75, 3.05) is 96.8 Å². The summed E-state index contributed by atoms with van der Waals surface area (Å²) >= 11 is 1.56. The van der Waals surface area contributed by atoms with Gasteiger partial charge in [0.1, 0.15) is 13.2 Å². The number of rotatable bonds is 83. The van der Waals surface area contributed by atoms with Crippen molar-refractivity contribution in [3.05, 3.63) is 0 Å². The maximum atomic E-state index is 14.5. The normalized spacial score (nSPS) is 11.9. The van der Waals surface area contributed by atoms with Gasteiger partial charge in [-0.25, -0.2) is 4.79 Å². The summed E-state index contributed by atoms with van der Waals surface area (Å²) in [6.07, 6.45) is 61.3. The molecule has 0 aromatic heterocycles. The molecule has 0 aromatic carbocycles. The van der Waals surface area contributed by atoms with Crippen molar-refractivity contribution < 1.29 is 82.5 Å². The van der Waals surface area contributed by atoms with Crippen LogP contribution in [0.15, 0.2) is 0 Å². The molecule has 0 radical (unpaired) electrons. The number of carboxylic acids is 4. The van der Waals surface area contributed by atoms with Gasteiger partial charge in [0.2, 0.25) is 0 Å². The third kappa shape index (κ3) is 71.2. The number of nitrogens with zero attached hydrogens (tertiary/aromatic N) is 3. The number of thioether (sulfide) groups is 1. The molecular formula is C84H157N3O17S. The van der Waals surface area contributed by atoms with Crippen LogP contribution in [0.4, 0.5) is 4.79 Å². The van der Waals surface area contributed by atoms with Gasteiger partial charge in [0, 0.05) is 26.2 Å². The lowest BCUT2D eigenvalue weighted by atomic mass is 9.94. The molecule has 0 aliphatic heterocycles. The van der Waals surface area contributed by atoms with Crippen molar-refractivity contribution in [1.29, 1.82) is 0 Å².